The molecule has 0 heterocycles. The van der Waals surface area contributed by atoms with Crippen LogP contribution in [0.5, 0.6) is 5.75 Å². The standard InChI is InChI=1S/C11H12FNO4/c1-11(2,10(15)16)13-7-3-4-9(17-6-14)8(12)5-7/h3-6,13H,1-2H3,(H,15,16). The second-order valence-electron chi connectivity index (χ2n) is 3.91. The quantitative estimate of drug-likeness (QED) is 0.766. The van der Waals surface area contributed by atoms with E-state index in [1.807, 2.05) is 0 Å². The summed E-state index contributed by atoms with van der Waals surface area (Å²) in [6, 6.07) is 3.72. The van der Waals surface area contributed by atoms with E-state index >= 15 is 0 Å². The van der Waals surface area contributed by atoms with E-state index in [4.69, 9.17) is 5.11 Å². The molecule has 0 saturated heterocycles. The van der Waals surface area contributed by atoms with Gasteiger partial charge in [-0.05, 0) is 26.0 Å². The maximum absolute atomic E-state index is 13.3. The van der Waals surface area contributed by atoms with Crippen molar-refractivity contribution in [1.29, 1.82) is 0 Å². The summed E-state index contributed by atoms with van der Waals surface area (Å²) in [5, 5.41) is 11.5. The van der Waals surface area contributed by atoms with Crippen molar-refractivity contribution in [2.24, 2.45) is 0 Å². The summed E-state index contributed by atoms with van der Waals surface area (Å²) >= 11 is 0. The molecule has 0 amide bonds. The summed E-state index contributed by atoms with van der Waals surface area (Å²) in [6.45, 7) is 3.01. The molecule has 0 saturated carbocycles. The zero-order valence-corrected chi connectivity index (χ0v) is 9.36. The van der Waals surface area contributed by atoms with Crippen LogP contribution < -0.4 is 10.1 Å². The van der Waals surface area contributed by atoms with E-state index in [0.717, 1.165) is 6.07 Å². The number of rotatable bonds is 5. The molecule has 0 atom stereocenters. The predicted octanol–water partition coefficient (Wildman–Crippen LogP) is 1.64. The van der Waals surface area contributed by atoms with Gasteiger partial charge in [0.25, 0.3) is 6.47 Å². The summed E-state index contributed by atoms with van der Waals surface area (Å²) in [6.07, 6.45) is 0. The fraction of sp³-hybridized carbons (Fsp3) is 0.273. The Morgan fingerprint density at radius 2 is 2.18 bits per heavy atom. The highest BCUT2D eigenvalue weighted by Gasteiger charge is 2.26. The molecule has 1 rings (SSSR count). The lowest BCUT2D eigenvalue weighted by atomic mass is 10.1. The molecule has 2 N–H and O–H groups in total. The van der Waals surface area contributed by atoms with Crippen LogP contribution in [0.4, 0.5) is 10.1 Å². The van der Waals surface area contributed by atoms with Crippen LogP contribution in [-0.2, 0) is 9.59 Å². The predicted molar refractivity (Wildman–Crippen MR) is 58.4 cm³/mol. The van der Waals surface area contributed by atoms with Gasteiger partial charge in [-0.3, -0.25) is 4.79 Å². The number of carbonyl (C=O) groups is 2. The number of anilines is 1. The minimum absolute atomic E-state index is 0.118. The van der Waals surface area contributed by atoms with Gasteiger partial charge >= 0.3 is 5.97 Å². The Balaban J connectivity index is 2.91. The molecule has 0 unspecified atom stereocenters. The Hall–Kier alpha value is -2.11. The van der Waals surface area contributed by atoms with Crippen LogP contribution in [0.1, 0.15) is 13.8 Å². The second kappa shape index (κ2) is 4.82. The highest BCUT2D eigenvalue weighted by atomic mass is 19.1. The van der Waals surface area contributed by atoms with E-state index in [2.05, 4.69) is 10.1 Å². The molecule has 6 heteroatoms. The van der Waals surface area contributed by atoms with E-state index in [1.54, 1.807) is 0 Å². The van der Waals surface area contributed by atoms with E-state index < -0.39 is 17.3 Å². The molecule has 0 aliphatic heterocycles. The smallest absolute Gasteiger partial charge is 0.328 e. The van der Waals surface area contributed by atoms with Crippen molar-refractivity contribution >= 4 is 18.1 Å². The fourth-order valence-electron chi connectivity index (χ4n) is 1.14. The highest BCUT2D eigenvalue weighted by molar-refractivity contribution is 5.81. The minimum atomic E-state index is -1.22. The third kappa shape index (κ3) is 3.17. The van der Waals surface area contributed by atoms with Crippen molar-refractivity contribution < 1.29 is 23.8 Å². The van der Waals surface area contributed by atoms with Crippen LogP contribution in [0, 0.1) is 5.82 Å². The van der Waals surface area contributed by atoms with Crippen molar-refractivity contribution in [3.05, 3.63) is 24.0 Å². The van der Waals surface area contributed by atoms with Crippen LogP contribution in [0.3, 0.4) is 0 Å². The van der Waals surface area contributed by atoms with Crippen LogP contribution in [0.15, 0.2) is 18.2 Å². The number of carbonyl (C=O) groups excluding carboxylic acids is 1. The second-order valence-corrected chi connectivity index (χ2v) is 3.91. The molecule has 0 aliphatic rings. The zero-order chi connectivity index (χ0) is 13.1. The largest absolute Gasteiger partial charge is 0.480 e. The van der Waals surface area contributed by atoms with Gasteiger partial charge in [0.05, 0.1) is 0 Å². The van der Waals surface area contributed by atoms with E-state index in [-0.39, 0.29) is 17.9 Å². The number of benzene rings is 1. The Kier molecular flexibility index (Phi) is 3.67. The topological polar surface area (TPSA) is 75.6 Å². The molecule has 0 fully saturated rings. The fourth-order valence-corrected chi connectivity index (χ4v) is 1.14. The first kappa shape index (κ1) is 13.0. The van der Waals surface area contributed by atoms with Gasteiger partial charge in [-0.25, -0.2) is 9.18 Å². The lowest BCUT2D eigenvalue weighted by Gasteiger charge is -2.22. The summed E-state index contributed by atoms with van der Waals surface area (Å²) in [7, 11) is 0. The molecular weight excluding hydrogens is 229 g/mol. The number of hydrogen-bond donors (Lipinski definition) is 2. The van der Waals surface area contributed by atoms with Gasteiger partial charge in [0.15, 0.2) is 11.6 Å². The van der Waals surface area contributed by atoms with Crippen molar-refractivity contribution in [2.45, 2.75) is 19.4 Å². The molecule has 1 aromatic rings. The summed E-state index contributed by atoms with van der Waals surface area (Å²) in [5.74, 6) is -2.02. The number of carboxylic acid groups (broad SMARTS) is 1. The molecule has 5 nitrogen and oxygen atoms in total. The van der Waals surface area contributed by atoms with Gasteiger partial charge in [-0.1, -0.05) is 0 Å². The maximum Gasteiger partial charge on any atom is 0.328 e. The maximum atomic E-state index is 13.3. The molecule has 92 valence electrons. The van der Waals surface area contributed by atoms with Crippen molar-refractivity contribution in [3.63, 3.8) is 0 Å². The van der Waals surface area contributed by atoms with E-state index in [1.165, 1.54) is 26.0 Å². The number of hydrogen-bond acceptors (Lipinski definition) is 4. The monoisotopic (exact) mass is 241 g/mol. The molecule has 0 aromatic heterocycles. The van der Waals surface area contributed by atoms with Gasteiger partial charge in [0, 0.05) is 11.8 Å². The molecule has 0 spiro atoms. The van der Waals surface area contributed by atoms with Gasteiger partial charge < -0.3 is 15.2 Å². The summed E-state index contributed by atoms with van der Waals surface area (Å²) in [4.78, 5) is 20.9. The third-order valence-corrected chi connectivity index (χ3v) is 2.10. The first-order valence-corrected chi connectivity index (χ1v) is 4.78. The normalized spacial score (nSPS) is 10.8. The Morgan fingerprint density at radius 1 is 1.53 bits per heavy atom. The van der Waals surface area contributed by atoms with Crippen molar-refractivity contribution in [2.75, 3.05) is 5.32 Å². The first-order valence-electron chi connectivity index (χ1n) is 4.78. The van der Waals surface area contributed by atoms with Crippen molar-refractivity contribution in [1.82, 2.24) is 0 Å². The molecule has 0 bridgehead atoms. The van der Waals surface area contributed by atoms with Crippen LogP contribution in [-0.4, -0.2) is 23.1 Å². The lowest BCUT2D eigenvalue weighted by molar-refractivity contribution is -0.141. The van der Waals surface area contributed by atoms with E-state index in [0.29, 0.717) is 0 Å². The Morgan fingerprint density at radius 3 is 2.65 bits per heavy atom. The highest BCUT2D eigenvalue weighted by Crippen LogP contribution is 2.23. The number of nitrogens with one attached hydrogen (secondary N) is 1. The molecule has 17 heavy (non-hydrogen) atoms. The number of halogens is 1. The van der Waals surface area contributed by atoms with Gasteiger partial charge in [0.2, 0.25) is 0 Å². The third-order valence-electron chi connectivity index (χ3n) is 2.10. The van der Waals surface area contributed by atoms with Gasteiger partial charge in [-0.2, -0.15) is 0 Å². The molecule has 0 aliphatic carbocycles. The average Bonchev–Trinajstić information content (AvgIpc) is 2.21. The zero-order valence-electron chi connectivity index (χ0n) is 9.36. The lowest BCUT2D eigenvalue weighted by Crippen LogP contribution is -2.39. The first-order chi connectivity index (χ1) is 7.86. The molecule has 1 aromatic carbocycles. The number of aliphatic carboxylic acids is 1. The van der Waals surface area contributed by atoms with Crippen LogP contribution >= 0.6 is 0 Å². The average molecular weight is 241 g/mol. The van der Waals surface area contributed by atoms with Gasteiger partial charge in [0.1, 0.15) is 5.54 Å². The van der Waals surface area contributed by atoms with Crippen molar-refractivity contribution in [3.8, 4) is 5.75 Å². The number of ether oxygens (including phenoxy) is 1. The van der Waals surface area contributed by atoms with Crippen LogP contribution in [0.25, 0.3) is 0 Å². The van der Waals surface area contributed by atoms with Gasteiger partial charge in [-0.15, -0.1) is 0 Å². The minimum Gasteiger partial charge on any atom is -0.480 e. The Bertz CT molecular complexity index is 445. The summed E-state index contributed by atoms with van der Waals surface area (Å²) < 4.78 is 17.7. The Labute approximate surface area is 97.2 Å². The molecular formula is C11H12FNO4. The molecule has 0 radical (unpaired) electrons. The SMILES string of the molecule is CC(C)(Nc1ccc(OC=O)c(F)c1)C(=O)O. The van der Waals surface area contributed by atoms with E-state index in [9.17, 15) is 14.0 Å². The summed E-state index contributed by atoms with van der Waals surface area (Å²) in [5.41, 5.74) is -0.937. The van der Waals surface area contributed by atoms with Crippen LogP contribution in [0.2, 0.25) is 0 Å². The number of carboxylic acids is 1.